The number of hydrogen-bond acceptors (Lipinski definition) is 3. The number of carboxylic acid groups (broad SMARTS) is 1. The molecule has 2 rings (SSSR count). The highest BCUT2D eigenvalue weighted by molar-refractivity contribution is 9.10. The molecule has 1 aliphatic rings. The van der Waals surface area contributed by atoms with Crippen molar-refractivity contribution in [1.29, 1.82) is 0 Å². The van der Waals surface area contributed by atoms with Crippen LogP contribution in [0.15, 0.2) is 10.5 Å². The van der Waals surface area contributed by atoms with Crippen molar-refractivity contribution in [2.75, 3.05) is 0 Å². The summed E-state index contributed by atoms with van der Waals surface area (Å²) in [6.45, 7) is 4.01. The van der Waals surface area contributed by atoms with Crippen LogP contribution in [0.5, 0.6) is 0 Å². The zero-order valence-corrected chi connectivity index (χ0v) is 13.4. The number of aliphatic carboxylic acids is 1. The normalized spacial score (nSPS) is 26.6. The number of ketones is 1. The molecule has 0 aliphatic heterocycles. The molecule has 5 heteroatoms. The Labute approximate surface area is 125 Å². The van der Waals surface area contributed by atoms with E-state index in [9.17, 15) is 14.7 Å². The lowest BCUT2D eigenvalue weighted by Crippen LogP contribution is -2.25. The van der Waals surface area contributed by atoms with E-state index in [4.69, 9.17) is 0 Å². The Morgan fingerprint density at radius 2 is 2.05 bits per heavy atom. The van der Waals surface area contributed by atoms with Gasteiger partial charge in [0, 0.05) is 15.3 Å². The van der Waals surface area contributed by atoms with Gasteiger partial charge in [0.25, 0.3) is 0 Å². The molecule has 1 aliphatic carbocycles. The predicted molar refractivity (Wildman–Crippen MR) is 78.7 cm³/mol. The lowest BCUT2D eigenvalue weighted by Gasteiger charge is -2.13. The molecule has 0 saturated heterocycles. The molecule has 0 amide bonds. The Kier molecular flexibility index (Phi) is 4.46. The summed E-state index contributed by atoms with van der Waals surface area (Å²) < 4.78 is 0.795. The molecule has 104 valence electrons. The van der Waals surface area contributed by atoms with Crippen molar-refractivity contribution in [3.63, 3.8) is 0 Å². The monoisotopic (exact) mass is 344 g/mol. The minimum atomic E-state index is -0.835. The molecule has 3 unspecified atom stereocenters. The molecular formula is C14H17BrO3S. The minimum Gasteiger partial charge on any atom is -0.481 e. The number of carboxylic acids is 1. The maximum Gasteiger partial charge on any atom is 0.307 e. The Bertz CT molecular complexity index is 509. The zero-order valence-electron chi connectivity index (χ0n) is 11.0. The summed E-state index contributed by atoms with van der Waals surface area (Å²) in [4.78, 5) is 25.6. The summed E-state index contributed by atoms with van der Waals surface area (Å²) in [6.07, 6.45) is 2.28. The summed E-state index contributed by atoms with van der Waals surface area (Å²) >= 11 is 4.84. The third-order valence-electron chi connectivity index (χ3n) is 3.93. The maximum absolute atomic E-state index is 12.6. The van der Waals surface area contributed by atoms with Crippen LogP contribution in [0.2, 0.25) is 0 Å². The van der Waals surface area contributed by atoms with Crippen LogP contribution in [0.3, 0.4) is 0 Å². The van der Waals surface area contributed by atoms with Crippen molar-refractivity contribution >= 4 is 39.0 Å². The van der Waals surface area contributed by atoms with E-state index in [0.717, 1.165) is 15.8 Å². The molecule has 3 nitrogen and oxygen atoms in total. The summed E-state index contributed by atoms with van der Waals surface area (Å²) in [5.41, 5.74) is 0. The van der Waals surface area contributed by atoms with E-state index in [1.165, 1.54) is 11.3 Å². The fourth-order valence-electron chi connectivity index (χ4n) is 2.86. The number of carbonyl (C=O) groups excluding carboxylic acids is 1. The van der Waals surface area contributed by atoms with Crippen molar-refractivity contribution in [3.05, 3.63) is 20.3 Å². The topological polar surface area (TPSA) is 54.4 Å². The van der Waals surface area contributed by atoms with Crippen LogP contribution in [-0.2, 0) is 4.79 Å². The Hall–Kier alpha value is -0.680. The highest BCUT2D eigenvalue weighted by Gasteiger charge is 2.43. The summed E-state index contributed by atoms with van der Waals surface area (Å²) in [6, 6.07) is 1.92. The zero-order chi connectivity index (χ0) is 14.2. The van der Waals surface area contributed by atoms with Crippen molar-refractivity contribution in [3.8, 4) is 0 Å². The molecule has 1 aromatic heterocycles. The highest BCUT2D eigenvalue weighted by atomic mass is 79.9. The molecule has 0 radical (unpaired) electrons. The third-order valence-corrected chi connectivity index (χ3v) is 5.88. The van der Waals surface area contributed by atoms with Gasteiger partial charge in [-0.2, -0.15) is 0 Å². The van der Waals surface area contributed by atoms with Gasteiger partial charge in [0.05, 0.1) is 10.8 Å². The molecule has 1 N–H and O–H groups in total. The first kappa shape index (κ1) is 14.7. The van der Waals surface area contributed by atoms with Gasteiger partial charge in [-0.15, -0.1) is 11.3 Å². The first-order valence-corrected chi connectivity index (χ1v) is 8.07. The molecule has 1 fully saturated rings. The number of rotatable bonds is 4. The van der Waals surface area contributed by atoms with E-state index in [-0.39, 0.29) is 11.7 Å². The van der Waals surface area contributed by atoms with E-state index in [1.807, 2.05) is 13.0 Å². The fourth-order valence-corrected chi connectivity index (χ4v) is 4.70. The highest BCUT2D eigenvalue weighted by Crippen LogP contribution is 2.42. The molecule has 0 spiro atoms. The summed E-state index contributed by atoms with van der Waals surface area (Å²) in [5.74, 6) is -1.37. The van der Waals surface area contributed by atoms with E-state index in [1.54, 1.807) is 0 Å². The van der Waals surface area contributed by atoms with Crippen LogP contribution in [0.1, 0.15) is 40.7 Å². The second-order valence-corrected chi connectivity index (χ2v) is 7.31. The summed E-state index contributed by atoms with van der Waals surface area (Å²) in [5, 5.41) is 9.31. The fraction of sp³-hybridized carbons (Fsp3) is 0.571. The Morgan fingerprint density at radius 3 is 2.53 bits per heavy atom. The molecule has 3 atom stereocenters. The van der Waals surface area contributed by atoms with E-state index < -0.39 is 11.9 Å². The number of carbonyl (C=O) groups is 2. The molecule has 1 heterocycles. The smallest absolute Gasteiger partial charge is 0.307 e. The SMILES string of the molecule is CCC1CC(C(=O)O)C(C(=O)c2sc(C)cc2Br)C1. The average molecular weight is 345 g/mol. The number of halogens is 1. The van der Waals surface area contributed by atoms with Gasteiger partial charge in [0.2, 0.25) is 0 Å². The lowest BCUT2D eigenvalue weighted by atomic mass is 9.91. The average Bonchev–Trinajstić information content (AvgIpc) is 2.91. The van der Waals surface area contributed by atoms with E-state index in [2.05, 4.69) is 22.9 Å². The van der Waals surface area contributed by atoms with Gasteiger partial charge in [-0.3, -0.25) is 9.59 Å². The second-order valence-electron chi connectivity index (χ2n) is 5.20. The predicted octanol–water partition coefficient (Wildman–Crippen LogP) is 4.14. The standard InChI is InChI=1S/C14H17BrO3S/c1-3-8-5-9(10(6-8)14(17)18)12(16)13-11(15)4-7(2)19-13/h4,8-10H,3,5-6H2,1-2H3,(H,17,18). The van der Waals surface area contributed by atoms with Crippen LogP contribution in [-0.4, -0.2) is 16.9 Å². The van der Waals surface area contributed by atoms with Crippen LogP contribution in [0.4, 0.5) is 0 Å². The van der Waals surface area contributed by atoms with Gasteiger partial charge in [-0.05, 0) is 47.7 Å². The van der Waals surface area contributed by atoms with Gasteiger partial charge in [0.15, 0.2) is 5.78 Å². The third kappa shape index (κ3) is 2.92. The van der Waals surface area contributed by atoms with Gasteiger partial charge in [-0.25, -0.2) is 0 Å². The van der Waals surface area contributed by atoms with Crippen molar-refractivity contribution < 1.29 is 14.7 Å². The van der Waals surface area contributed by atoms with E-state index >= 15 is 0 Å². The van der Waals surface area contributed by atoms with Crippen LogP contribution in [0.25, 0.3) is 0 Å². The van der Waals surface area contributed by atoms with Gasteiger partial charge >= 0.3 is 5.97 Å². The first-order valence-electron chi connectivity index (χ1n) is 6.47. The minimum absolute atomic E-state index is 0.00618. The number of hydrogen-bond donors (Lipinski definition) is 1. The van der Waals surface area contributed by atoms with Crippen molar-refractivity contribution in [2.24, 2.45) is 17.8 Å². The first-order chi connectivity index (χ1) is 8.93. The molecule has 19 heavy (non-hydrogen) atoms. The molecule has 1 aromatic rings. The van der Waals surface area contributed by atoms with Gasteiger partial charge in [0.1, 0.15) is 0 Å². The Balaban J connectivity index is 2.26. The van der Waals surface area contributed by atoms with Gasteiger partial charge in [-0.1, -0.05) is 13.3 Å². The summed E-state index contributed by atoms with van der Waals surface area (Å²) in [7, 11) is 0. The Morgan fingerprint density at radius 1 is 1.42 bits per heavy atom. The van der Waals surface area contributed by atoms with E-state index in [0.29, 0.717) is 23.6 Å². The molecule has 0 aromatic carbocycles. The lowest BCUT2D eigenvalue weighted by molar-refractivity contribution is -0.142. The van der Waals surface area contributed by atoms with Crippen LogP contribution < -0.4 is 0 Å². The van der Waals surface area contributed by atoms with Crippen LogP contribution in [0, 0.1) is 24.7 Å². The quantitative estimate of drug-likeness (QED) is 0.835. The van der Waals surface area contributed by atoms with Gasteiger partial charge < -0.3 is 5.11 Å². The molecule has 1 saturated carbocycles. The second kappa shape index (κ2) is 5.75. The molecule has 0 bridgehead atoms. The van der Waals surface area contributed by atoms with Crippen molar-refractivity contribution in [1.82, 2.24) is 0 Å². The number of thiophene rings is 1. The number of aryl methyl sites for hydroxylation is 1. The largest absolute Gasteiger partial charge is 0.481 e. The van der Waals surface area contributed by atoms with Crippen molar-refractivity contribution in [2.45, 2.75) is 33.1 Å². The molecular weight excluding hydrogens is 328 g/mol. The number of Topliss-reactive ketones (excluding diaryl/α,β-unsaturated/α-hetero) is 1. The van der Waals surface area contributed by atoms with Crippen LogP contribution >= 0.6 is 27.3 Å². The maximum atomic E-state index is 12.6.